The number of ether oxygens (including phenoxy) is 1. The lowest BCUT2D eigenvalue weighted by molar-refractivity contribution is 0.0911. The third kappa shape index (κ3) is 4.10. The number of aromatic nitrogens is 1. The van der Waals surface area contributed by atoms with Crippen molar-refractivity contribution < 1.29 is 14.6 Å². The molecule has 0 fully saturated rings. The van der Waals surface area contributed by atoms with E-state index in [1.807, 2.05) is 31.2 Å². The minimum Gasteiger partial charge on any atom is -0.387 e. The van der Waals surface area contributed by atoms with E-state index in [9.17, 15) is 9.90 Å². The Morgan fingerprint density at radius 1 is 1.48 bits per heavy atom. The Hall–Kier alpha value is -1.76. The molecule has 1 amide bonds. The van der Waals surface area contributed by atoms with Crippen LogP contribution in [0.5, 0.6) is 0 Å². The van der Waals surface area contributed by atoms with Crippen molar-refractivity contribution in [2.24, 2.45) is 0 Å². The highest BCUT2D eigenvalue weighted by Gasteiger charge is 2.14. The first-order chi connectivity index (χ1) is 10.1. The molecule has 1 heterocycles. The Balaban J connectivity index is 1.92. The molecule has 2 N–H and O–H groups in total. The molecular formula is C15H18N2O3S. The first kappa shape index (κ1) is 15.6. The molecule has 1 unspecified atom stereocenters. The number of hydrogen-bond acceptors (Lipinski definition) is 5. The number of benzene rings is 1. The van der Waals surface area contributed by atoms with Gasteiger partial charge >= 0.3 is 0 Å². The lowest BCUT2D eigenvalue weighted by atomic mass is 10.0. The standard InChI is InChI=1S/C15H18N2O3S/c1-10-5-3-4-6-11(10)13(18)7-16-15(19)12-9-21-14(17-12)8-20-2/h3-6,9,13,18H,7-8H2,1-2H3,(H,16,19). The quantitative estimate of drug-likeness (QED) is 0.857. The molecule has 0 aliphatic rings. The Morgan fingerprint density at radius 3 is 2.95 bits per heavy atom. The van der Waals surface area contributed by atoms with E-state index in [4.69, 9.17) is 4.74 Å². The summed E-state index contributed by atoms with van der Waals surface area (Å²) < 4.78 is 4.97. The SMILES string of the molecule is COCc1nc(C(=O)NCC(O)c2ccccc2C)cs1. The Labute approximate surface area is 127 Å². The molecule has 6 heteroatoms. The number of nitrogens with zero attached hydrogens (tertiary/aromatic N) is 1. The van der Waals surface area contributed by atoms with Crippen LogP contribution in [-0.4, -0.2) is 29.7 Å². The Morgan fingerprint density at radius 2 is 2.24 bits per heavy atom. The lowest BCUT2D eigenvalue weighted by Crippen LogP contribution is -2.28. The predicted octanol–water partition coefficient (Wildman–Crippen LogP) is 2.06. The zero-order chi connectivity index (χ0) is 15.2. The number of carbonyl (C=O) groups is 1. The zero-order valence-corrected chi connectivity index (χ0v) is 12.8. The molecule has 112 valence electrons. The molecule has 0 bridgehead atoms. The van der Waals surface area contributed by atoms with E-state index < -0.39 is 6.10 Å². The molecule has 2 rings (SSSR count). The Bertz CT molecular complexity index is 612. The van der Waals surface area contributed by atoms with Crippen LogP contribution in [0.25, 0.3) is 0 Å². The van der Waals surface area contributed by atoms with E-state index in [0.717, 1.165) is 16.1 Å². The summed E-state index contributed by atoms with van der Waals surface area (Å²) in [6.45, 7) is 2.47. The highest BCUT2D eigenvalue weighted by molar-refractivity contribution is 7.09. The van der Waals surface area contributed by atoms with Crippen LogP contribution >= 0.6 is 11.3 Å². The van der Waals surface area contributed by atoms with Crippen molar-refractivity contribution in [1.82, 2.24) is 10.3 Å². The van der Waals surface area contributed by atoms with Crippen molar-refractivity contribution in [2.75, 3.05) is 13.7 Å². The highest BCUT2D eigenvalue weighted by Crippen LogP contribution is 2.16. The van der Waals surface area contributed by atoms with Crippen LogP contribution in [0.4, 0.5) is 0 Å². The zero-order valence-electron chi connectivity index (χ0n) is 12.0. The second-order valence-electron chi connectivity index (χ2n) is 4.64. The second kappa shape index (κ2) is 7.31. The number of hydrogen-bond donors (Lipinski definition) is 2. The van der Waals surface area contributed by atoms with Gasteiger partial charge in [0, 0.05) is 19.0 Å². The van der Waals surface area contributed by atoms with Gasteiger partial charge < -0.3 is 15.2 Å². The first-order valence-corrected chi connectivity index (χ1v) is 7.45. The van der Waals surface area contributed by atoms with E-state index >= 15 is 0 Å². The average Bonchev–Trinajstić information content (AvgIpc) is 2.94. The largest absolute Gasteiger partial charge is 0.387 e. The van der Waals surface area contributed by atoms with Gasteiger partial charge in [0.05, 0.1) is 12.7 Å². The van der Waals surface area contributed by atoms with Crippen molar-refractivity contribution in [3.8, 4) is 0 Å². The van der Waals surface area contributed by atoms with Gasteiger partial charge in [0.25, 0.3) is 5.91 Å². The number of thiazole rings is 1. The van der Waals surface area contributed by atoms with Crippen molar-refractivity contribution in [2.45, 2.75) is 19.6 Å². The molecule has 5 nitrogen and oxygen atoms in total. The van der Waals surface area contributed by atoms with Gasteiger partial charge in [-0.3, -0.25) is 4.79 Å². The third-order valence-electron chi connectivity index (χ3n) is 3.06. The Kier molecular flexibility index (Phi) is 5.44. The molecule has 21 heavy (non-hydrogen) atoms. The molecule has 2 aromatic rings. The summed E-state index contributed by atoms with van der Waals surface area (Å²) in [7, 11) is 1.58. The molecule has 1 aromatic heterocycles. The van der Waals surface area contributed by atoms with Gasteiger partial charge in [0.1, 0.15) is 10.7 Å². The number of aryl methyl sites for hydroxylation is 1. The van der Waals surface area contributed by atoms with Crippen LogP contribution in [0, 0.1) is 6.92 Å². The van der Waals surface area contributed by atoms with Crippen LogP contribution in [0.1, 0.15) is 32.7 Å². The normalized spacial score (nSPS) is 12.1. The van der Waals surface area contributed by atoms with Crippen molar-refractivity contribution in [3.05, 3.63) is 51.5 Å². The minimum absolute atomic E-state index is 0.154. The van der Waals surface area contributed by atoms with Crippen molar-refractivity contribution >= 4 is 17.2 Å². The number of aliphatic hydroxyl groups is 1. The van der Waals surface area contributed by atoms with Gasteiger partial charge in [-0.2, -0.15) is 0 Å². The summed E-state index contributed by atoms with van der Waals surface area (Å²) in [6.07, 6.45) is -0.729. The fourth-order valence-corrected chi connectivity index (χ4v) is 2.70. The molecule has 0 aliphatic carbocycles. The average molecular weight is 306 g/mol. The predicted molar refractivity (Wildman–Crippen MR) is 81.3 cm³/mol. The van der Waals surface area contributed by atoms with Gasteiger partial charge in [0.2, 0.25) is 0 Å². The van der Waals surface area contributed by atoms with Gasteiger partial charge in [-0.05, 0) is 18.1 Å². The molecule has 0 aliphatic heterocycles. The first-order valence-electron chi connectivity index (χ1n) is 6.57. The van der Waals surface area contributed by atoms with Gasteiger partial charge in [-0.1, -0.05) is 24.3 Å². The van der Waals surface area contributed by atoms with Crippen molar-refractivity contribution in [1.29, 1.82) is 0 Å². The van der Waals surface area contributed by atoms with Gasteiger partial charge in [-0.15, -0.1) is 11.3 Å². The maximum atomic E-state index is 12.0. The van der Waals surface area contributed by atoms with E-state index in [-0.39, 0.29) is 12.5 Å². The summed E-state index contributed by atoms with van der Waals surface area (Å²) >= 11 is 1.38. The minimum atomic E-state index is -0.729. The number of aliphatic hydroxyl groups excluding tert-OH is 1. The number of nitrogens with one attached hydrogen (secondary N) is 1. The van der Waals surface area contributed by atoms with Crippen LogP contribution in [0.2, 0.25) is 0 Å². The summed E-state index contributed by atoms with van der Waals surface area (Å²) in [6, 6.07) is 7.56. The molecule has 0 saturated heterocycles. The van der Waals surface area contributed by atoms with E-state index in [1.54, 1.807) is 12.5 Å². The number of amides is 1. The maximum Gasteiger partial charge on any atom is 0.270 e. The number of rotatable bonds is 6. The lowest BCUT2D eigenvalue weighted by Gasteiger charge is -2.14. The van der Waals surface area contributed by atoms with Crippen LogP contribution in [0.3, 0.4) is 0 Å². The van der Waals surface area contributed by atoms with Crippen LogP contribution in [0.15, 0.2) is 29.6 Å². The van der Waals surface area contributed by atoms with Crippen LogP contribution in [-0.2, 0) is 11.3 Å². The fraction of sp³-hybridized carbons (Fsp3) is 0.333. The van der Waals surface area contributed by atoms with E-state index in [0.29, 0.717) is 12.3 Å². The summed E-state index contributed by atoms with van der Waals surface area (Å²) in [4.78, 5) is 16.1. The molecule has 1 aromatic carbocycles. The maximum absolute atomic E-state index is 12.0. The fourth-order valence-electron chi connectivity index (χ4n) is 1.96. The summed E-state index contributed by atoms with van der Waals surface area (Å²) in [5.41, 5.74) is 2.16. The summed E-state index contributed by atoms with van der Waals surface area (Å²) in [5, 5.41) is 15.3. The third-order valence-corrected chi connectivity index (χ3v) is 3.88. The van der Waals surface area contributed by atoms with Gasteiger partial charge in [-0.25, -0.2) is 4.98 Å². The number of carbonyl (C=O) groups excluding carboxylic acids is 1. The molecule has 0 spiro atoms. The molecule has 0 saturated carbocycles. The van der Waals surface area contributed by atoms with Gasteiger partial charge in [0.15, 0.2) is 0 Å². The van der Waals surface area contributed by atoms with E-state index in [1.165, 1.54) is 11.3 Å². The topological polar surface area (TPSA) is 71.5 Å². The highest BCUT2D eigenvalue weighted by atomic mass is 32.1. The summed E-state index contributed by atoms with van der Waals surface area (Å²) in [5.74, 6) is -0.291. The molecule has 1 atom stereocenters. The molecular weight excluding hydrogens is 288 g/mol. The molecule has 0 radical (unpaired) electrons. The monoisotopic (exact) mass is 306 g/mol. The van der Waals surface area contributed by atoms with Crippen LogP contribution < -0.4 is 5.32 Å². The van der Waals surface area contributed by atoms with E-state index in [2.05, 4.69) is 10.3 Å². The van der Waals surface area contributed by atoms with Crippen molar-refractivity contribution in [3.63, 3.8) is 0 Å². The number of methoxy groups -OCH3 is 1. The smallest absolute Gasteiger partial charge is 0.270 e. The second-order valence-corrected chi connectivity index (χ2v) is 5.58.